The number of nitrogens with one attached hydrogen (secondary N) is 2. The monoisotopic (exact) mass is 622 g/mol. The molecule has 11 heteroatoms. The summed E-state index contributed by atoms with van der Waals surface area (Å²) in [6, 6.07) is 17.6. The average Bonchev–Trinajstić information content (AvgIpc) is 3.01. The second-order valence-electron chi connectivity index (χ2n) is 11.3. The maximum Gasteiger partial charge on any atom is 0.198 e. The molecule has 1 atom stereocenters. The zero-order valence-corrected chi connectivity index (χ0v) is 25.3. The molecule has 0 radical (unpaired) electrons. The van der Waals surface area contributed by atoms with E-state index in [0.717, 1.165) is 30.4 Å². The molecule has 1 aromatic heterocycles. The minimum Gasteiger partial charge on any atom is -0.383 e. The van der Waals surface area contributed by atoms with E-state index in [1.54, 1.807) is 18.2 Å². The second-order valence-corrected chi connectivity index (χ2v) is 12.4. The third kappa shape index (κ3) is 7.05. The number of hydrogen-bond donors (Lipinski definition) is 3. The topological polar surface area (TPSA) is 90.9 Å². The molecular weight excluding hydrogens is 588 g/mol. The first-order chi connectivity index (χ1) is 21.1. The van der Waals surface area contributed by atoms with E-state index in [4.69, 9.17) is 11.1 Å². The van der Waals surface area contributed by atoms with Gasteiger partial charge in [0.25, 0.3) is 0 Å². The molecule has 1 aliphatic heterocycles. The maximum atomic E-state index is 14.9. The van der Waals surface area contributed by atoms with Gasteiger partial charge >= 0.3 is 0 Å². The van der Waals surface area contributed by atoms with Crippen molar-refractivity contribution in [3.05, 3.63) is 112 Å². The predicted molar refractivity (Wildman–Crippen MR) is 167 cm³/mol. The molecule has 230 valence electrons. The Morgan fingerprint density at radius 2 is 1.66 bits per heavy atom. The van der Waals surface area contributed by atoms with E-state index in [2.05, 4.69) is 27.4 Å². The first kappa shape index (κ1) is 31.5. The number of rotatable bonds is 10. The zero-order valence-electron chi connectivity index (χ0n) is 24.5. The first-order valence-electron chi connectivity index (χ1n) is 14.5. The molecule has 2 heterocycles. The largest absolute Gasteiger partial charge is 0.383 e. The Bertz CT molecular complexity index is 1630. The number of nitrogen functional groups attached to an aromatic ring is 1. The van der Waals surface area contributed by atoms with Crippen LogP contribution < -0.4 is 11.1 Å². The lowest BCUT2D eigenvalue weighted by Crippen LogP contribution is -2.39. The van der Waals surface area contributed by atoms with Crippen LogP contribution >= 0.6 is 11.9 Å². The highest BCUT2D eigenvalue weighted by Crippen LogP contribution is 2.37. The predicted octanol–water partition coefficient (Wildman–Crippen LogP) is 7.40. The number of hydrogen-bond acceptors (Lipinski definition) is 7. The molecule has 4 aromatic rings. The van der Waals surface area contributed by atoms with E-state index in [1.807, 2.05) is 42.5 Å². The molecule has 6 nitrogen and oxygen atoms in total. The van der Waals surface area contributed by atoms with Crippen molar-refractivity contribution < 1.29 is 17.6 Å². The van der Waals surface area contributed by atoms with Gasteiger partial charge in [0.2, 0.25) is 0 Å². The Hall–Kier alpha value is -3.96. The standard InChI is InChI=1S/C33H34F4N6S/c1-19(2)15-24-26(34)27(35)28(36)29(37)31(24)44-43-14-6-9-23(17-43)42-33-25(32(39)40-18-41-33)30(38)22-12-10-21(11-13-22)16-20-7-4-3-5-8-20/h3-5,7-8,10-13,18-19,23,38H,6,9,14-17H2,1-2H3,(H3,39,40,41,42). The van der Waals surface area contributed by atoms with Gasteiger partial charge in [0, 0.05) is 30.3 Å². The summed E-state index contributed by atoms with van der Waals surface area (Å²) in [5, 5.41) is 12.3. The Labute approximate surface area is 258 Å². The van der Waals surface area contributed by atoms with Crippen molar-refractivity contribution in [1.29, 1.82) is 5.41 Å². The molecule has 0 amide bonds. The van der Waals surface area contributed by atoms with Crippen molar-refractivity contribution >= 4 is 29.3 Å². The van der Waals surface area contributed by atoms with Crippen molar-refractivity contribution in [3.8, 4) is 0 Å². The summed E-state index contributed by atoms with van der Waals surface area (Å²) < 4.78 is 59.8. The summed E-state index contributed by atoms with van der Waals surface area (Å²) in [5.41, 5.74) is 9.57. The Morgan fingerprint density at radius 1 is 0.977 bits per heavy atom. The highest BCUT2D eigenvalue weighted by molar-refractivity contribution is 7.97. The number of anilines is 2. The van der Waals surface area contributed by atoms with E-state index < -0.39 is 23.3 Å². The number of halogens is 4. The van der Waals surface area contributed by atoms with Crippen LogP contribution in [0.1, 0.15) is 54.5 Å². The van der Waals surface area contributed by atoms with Crippen molar-refractivity contribution in [2.24, 2.45) is 5.92 Å². The number of piperidine rings is 1. The lowest BCUT2D eigenvalue weighted by atomic mass is 9.99. The summed E-state index contributed by atoms with van der Waals surface area (Å²) in [5.74, 6) is -5.88. The van der Waals surface area contributed by atoms with E-state index in [-0.39, 0.29) is 40.4 Å². The van der Waals surface area contributed by atoms with Crippen LogP contribution in [-0.4, -0.2) is 39.1 Å². The molecule has 1 fully saturated rings. The molecule has 0 saturated carbocycles. The molecule has 1 aliphatic rings. The Balaban J connectivity index is 1.33. The smallest absolute Gasteiger partial charge is 0.198 e. The van der Waals surface area contributed by atoms with Gasteiger partial charge in [-0.25, -0.2) is 31.8 Å². The maximum absolute atomic E-state index is 14.9. The van der Waals surface area contributed by atoms with E-state index >= 15 is 0 Å². The number of aromatic nitrogens is 2. The van der Waals surface area contributed by atoms with Gasteiger partial charge in [-0.2, -0.15) is 0 Å². The van der Waals surface area contributed by atoms with Crippen LogP contribution in [0.5, 0.6) is 0 Å². The lowest BCUT2D eigenvalue weighted by molar-refractivity contribution is 0.351. The highest BCUT2D eigenvalue weighted by atomic mass is 32.2. The number of benzene rings is 3. The van der Waals surface area contributed by atoms with E-state index in [0.29, 0.717) is 36.5 Å². The van der Waals surface area contributed by atoms with Gasteiger partial charge < -0.3 is 11.1 Å². The fraction of sp³-hybridized carbons (Fsp3) is 0.303. The normalized spacial score (nSPS) is 15.5. The van der Waals surface area contributed by atoms with Crippen molar-refractivity contribution in [2.45, 2.75) is 50.5 Å². The molecular formula is C33H34F4N6S. The zero-order chi connectivity index (χ0) is 31.4. The molecule has 1 saturated heterocycles. The van der Waals surface area contributed by atoms with Crippen molar-refractivity contribution in [2.75, 3.05) is 24.1 Å². The molecule has 0 bridgehead atoms. The van der Waals surface area contributed by atoms with Gasteiger partial charge in [0.05, 0.1) is 16.2 Å². The van der Waals surface area contributed by atoms with Gasteiger partial charge in [-0.15, -0.1) is 0 Å². The summed E-state index contributed by atoms with van der Waals surface area (Å²) in [4.78, 5) is 8.27. The van der Waals surface area contributed by atoms with Crippen LogP contribution in [0, 0.1) is 34.6 Å². The van der Waals surface area contributed by atoms with E-state index in [9.17, 15) is 17.6 Å². The van der Waals surface area contributed by atoms with Gasteiger partial charge in [-0.3, -0.25) is 5.41 Å². The Kier molecular flexibility index (Phi) is 9.85. The fourth-order valence-corrected chi connectivity index (χ4v) is 6.51. The molecule has 44 heavy (non-hydrogen) atoms. The highest BCUT2D eigenvalue weighted by Gasteiger charge is 2.30. The SMILES string of the molecule is CC(C)Cc1c(F)c(F)c(F)c(F)c1SN1CCCC(Nc2ncnc(N)c2C(=N)c2ccc(Cc3ccccc3)cc2)C1. The Morgan fingerprint density at radius 3 is 2.36 bits per heavy atom. The summed E-state index contributed by atoms with van der Waals surface area (Å²) >= 11 is 0.895. The lowest BCUT2D eigenvalue weighted by Gasteiger charge is -2.33. The second kappa shape index (κ2) is 13.8. The number of nitrogens with two attached hydrogens (primary N) is 1. The fourth-order valence-electron chi connectivity index (χ4n) is 5.33. The van der Waals surface area contributed by atoms with Gasteiger partial charge in [0.1, 0.15) is 18.0 Å². The molecule has 5 rings (SSSR count). The summed E-state index contributed by atoms with van der Waals surface area (Å²) in [7, 11) is 0. The molecule has 3 aromatic carbocycles. The van der Waals surface area contributed by atoms with Crippen LogP contribution in [-0.2, 0) is 12.8 Å². The van der Waals surface area contributed by atoms with Gasteiger partial charge in [-0.1, -0.05) is 68.4 Å². The summed E-state index contributed by atoms with van der Waals surface area (Å²) in [6.07, 6.45) is 3.60. The minimum atomic E-state index is -1.81. The van der Waals surface area contributed by atoms with Crippen molar-refractivity contribution in [3.63, 3.8) is 0 Å². The van der Waals surface area contributed by atoms with Crippen LogP contribution in [0.2, 0.25) is 0 Å². The first-order valence-corrected chi connectivity index (χ1v) is 15.3. The van der Waals surface area contributed by atoms with Crippen LogP contribution in [0.15, 0.2) is 65.8 Å². The van der Waals surface area contributed by atoms with Gasteiger partial charge in [0.15, 0.2) is 23.3 Å². The minimum absolute atomic E-state index is 0.0662. The third-order valence-corrected chi connectivity index (χ3v) is 8.69. The molecule has 1 unspecified atom stereocenters. The van der Waals surface area contributed by atoms with E-state index in [1.165, 1.54) is 11.9 Å². The van der Waals surface area contributed by atoms with Crippen LogP contribution in [0.3, 0.4) is 0 Å². The number of nitrogens with zero attached hydrogens (tertiary/aromatic N) is 3. The van der Waals surface area contributed by atoms with Crippen LogP contribution in [0.25, 0.3) is 0 Å². The summed E-state index contributed by atoms with van der Waals surface area (Å²) in [6.45, 7) is 4.51. The molecule has 0 aliphatic carbocycles. The van der Waals surface area contributed by atoms with Crippen molar-refractivity contribution in [1.82, 2.24) is 14.3 Å². The van der Waals surface area contributed by atoms with Crippen LogP contribution in [0.4, 0.5) is 29.2 Å². The quantitative estimate of drug-likeness (QED) is 0.0561. The molecule has 0 spiro atoms. The molecule has 4 N–H and O–H groups in total. The average molecular weight is 623 g/mol. The van der Waals surface area contributed by atoms with Gasteiger partial charge in [-0.05, 0) is 54.7 Å². The third-order valence-electron chi connectivity index (χ3n) is 7.49.